The summed E-state index contributed by atoms with van der Waals surface area (Å²) in [6.07, 6.45) is 8.99. The first-order valence-corrected chi connectivity index (χ1v) is 8.09. The monoisotopic (exact) mass is 327 g/mol. The molecule has 1 aliphatic rings. The second-order valence-corrected chi connectivity index (χ2v) is 6.52. The molecule has 0 aliphatic heterocycles. The van der Waals surface area contributed by atoms with E-state index < -0.39 is 0 Å². The predicted molar refractivity (Wildman–Crippen MR) is 81.8 cm³/mol. The average molecular weight is 328 g/mol. The molecule has 1 aliphatic carbocycles. The molecule has 106 valence electrons. The van der Waals surface area contributed by atoms with E-state index in [1.165, 1.54) is 44.6 Å². The molecule has 0 heterocycles. The summed E-state index contributed by atoms with van der Waals surface area (Å²) in [7, 11) is 2.01. The fraction of sp³-hybridized carbons (Fsp3) is 0.625. The summed E-state index contributed by atoms with van der Waals surface area (Å²) in [4.78, 5) is 0. The Kier molecular flexibility index (Phi) is 5.83. The van der Waals surface area contributed by atoms with Gasteiger partial charge in [-0.3, -0.25) is 0 Å². The van der Waals surface area contributed by atoms with Gasteiger partial charge < -0.3 is 5.32 Å². The lowest BCUT2D eigenvalue weighted by Gasteiger charge is -2.26. The minimum atomic E-state index is -0.147. The zero-order valence-corrected chi connectivity index (χ0v) is 13.2. The predicted octanol–water partition coefficient (Wildman–Crippen LogP) is 4.69. The molecular weight excluding hydrogens is 305 g/mol. The molecule has 19 heavy (non-hydrogen) atoms. The van der Waals surface area contributed by atoms with Gasteiger partial charge in [0.15, 0.2) is 0 Å². The molecule has 1 saturated carbocycles. The van der Waals surface area contributed by atoms with E-state index in [9.17, 15) is 4.39 Å². The third-order valence-corrected chi connectivity index (χ3v) is 5.00. The van der Waals surface area contributed by atoms with E-state index in [-0.39, 0.29) is 5.82 Å². The van der Waals surface area contributed by atoms with Crippen LogP contribution in [0, 0.1) is 11.7 Å². The molecule has 3 heteroatoms. The molecule has 0 amide bonds. The zero-order chi connectivity index (χ0) is 13.7. The van der Waals surface area contributed by atoms with Crippen molar-refractivity contribution < 1.29 is 4.39 Å². The van der Waals surface area contributed by atoms with Crippen molar-refractivity contribution in [1.82, 2.24) is 5.32 Å². The Bertz CT molecular complexity index is 402. The maximum atomic E-state index is 13.3. The Morgan fingerprint density at radius 3 is 2.74 bits per heavy atom. The van der Waals surface area contributed by atoms with Crippen molar-refractivity contribution in [2.75, 3.05) is 7.05 Å². The molecule has 0 saturated heterocycles. The van der Waals surface area contributed by atoms with Crippen LogP contribution in [0.25, 0.3) is 0 Å². The van der Waals surface area contributed by atoms with Crippen molar-refractivity contribution in [3.05, 3.63) is 34.1 Å². The highest BCUT2D eigenvalue weighted by Gasteiger charge is 2.19. The molecule has 1 aromatic rings. The largest absolute Gasteiger partial charge is 0.317 e. The molecule has 0 radical (unpaired) electrons. The second-order valence-electron chi connectivity index (χ2n) is 5.67. The van der Waals surface area contributed by atoms with Crippen LogP contribution in [0.2, 0.25) is 0 Å². The molecule has 1 atom stereocenters. The highest BCUT2D eigenvalue weighted by atomic mass is 79.9. The molecule has 1 fully saturated rings. The van der Waals surface area contributed by atoms with Gasteiger partial charge in [0.05, 0.1) is 0 Å². The molecule has 1 aromatic carbocycles. The minimum Gasteiger partial charge on any atom is -0.317 e. The van der Waals surface area contributed by atoms with Crippen molar-refractivity contribution in [1.29, 1.82) is 0 Å². The van der Waals surface area contributed by atoms with Crippen molar-refractivity contribution in [3.8, 4) is 0 Å². The number of nitrogens with one attached hydrogen (secondary N) is 1. The van der Waals surface area contributed by atoms with Crippen molar-refractivity contribution >= 4 is 15.9 Å². The second kappa shape index (κ2) is 7.39. The first-order chi connectivity index (χ1) is 9.19. The van der Waals surface area contributed by atoms with Crippen LogP contribution in [0.5, 0.6) is 0 Å². The molecule has 0 spiro atoms. The van der Waals surface area contributed by atoms with Crippen molar-refractivity contribution in [2.24, 2.45) is 5.92 Å². The first-order valence-electron chi connectivity index (χ1n) is 7.30. The Morgan fingerprint density at radius 1 is 1.32 bits per heavy atom. The lowest BCUT2D eigenvalue weighted by Crippen LogP contribution is -2.30. The van der Waals surface area contributed by atoms with E-state index in [4.69, 9.17) is 0 Å². The molecule has 0 bridgehead atoms. The van der Waals surface area contributed by atoms with Crippen LogP contribution in [0.3, 0.4) is 0 Å². The fourth-order valence-electron chi connectivity index (χ4n) is 3.09. The van der Waals surface area contributed by atoms with Gasteiger partial charge >= 0.3 is 0 Å². The maximum Gasteiger partial charge on any atom is 0.123 e. The lowest BCUT2D eigenvalue weighted by atomic mass is 9.83. The normalized spacial score (nSPS) is 18.5. The molecule has 0 aromatic heterocycles. The van der Waals surface area contributed by atoms with Gasteiger partial charge in [0.1, 0.15) is 5.82 Å². The van der Waals surface area contributed by atoms with Crippen LogP contribution in [0.15, 0.2) is 22.7 Å². The van der Waals surface area contributed by atoms with Crippen LogP contribution in [0.4, 0.5) is 4.39 Å². The Hall–Kier alpha value is -0.410. The third kappa shape index (κ3) is 4.57. The maximum absolute atomic E-state index is 13.3. The molecule has 1 nitrogen and oxygen atoms in total. The van der Waals surface area contributed by atoms with Crippen LogP contribution < -0.4 is 5.32 Å². The van der Waals surface area contributed by atoms with Gasteiger partial charge in [-0.2, -0.15) is 0 Å². The van der Waals surface area contributed by atoms with Gasteiger partial charge in [-0.15, -0.1) is 0 Å². The number of likely N-dealkylation sites (N-methyl/N-ethyl adjacent to an activating group) is 1. The molecule has 1 N–H and O–H groups in total. The summed E-state index contributed by atoms with van der Waals surface area (Å²) in [6, 6.07) is 5.40. The summed E-state index contributed by atoms with van der Waals surface area (Å²) in [5.74, 6) is 0.698. The fourth-order valence-corrected chi connectivity index (χ4v) is 3.50. The van der Waals surface area contributed by atoms with E-state index in [1.807, 2.05) is 7.05 Å². The van der Waals surface area contributed by atoms with Gasteiger partial charge in [0.25, 0.3) is 0 Å². The van der Waals surface area contributed by atoms with Crippen LogP contribution >= 0.6 is 15.9 Å². The number of hydrogen-bond donors (Lipinski definition) is 1. The first kappa shape index (κ1) is 15.0. The van der Waals surface area contributed by atoms with E-state index in [0.29, 0.717) is 6.04 Å². The van der Waals surface area contributed by atoms with Gasteiger partial charge in [0.2, 0.25) is 0 Å². The molecule has 1 unspecified atom stereocenters. The van der Waals surface area contributed by atoms with Crippen molar-refractivity contribution in [2.45, 2.75) is 51.0 Å². The number of benzene rings is 1. The zero-order valence-electron chi connectivity index (χ0n) is 11.6. The Morgan fingerprint density at radius 2 is 2.05 bits per heavy atom. The smallest absolute Gasteiger partial charge is 0.123 e. The number of rotatable bonds is 5. The van der Waals surface area contributed by atoms with E-state index in [0.717, 1.165) is 22.4 Å². The van der Waals surface area contributed by atoms with E-state index in [1.54, 1.807) is 12.1 Å². The standard InChI is InChI=1S/C16H23BrFN/c1-19-15(9-12-5-3-2-4-6-12)11-13-10-14(18)7-8-16(13)17/h7-8,10,12,15,19H,2-6,9,11H2,1H3. The molecular formula is C16H23BrFN. The van der Waals surface area contributed by atoms with Crippen LogP contribution in [-0.4, -0.2) is 13.1 Å². The van der Waals surface area contributed by atoms with Gasteiger partial charge in [-0.25, -0.2) is 4.39 Å². The number of hydrogen-bond acceptors (Lipinski definition) is 1. The summed E-state index contributed by atoms with van der Waals surface area (Å²) in [5, 5.41) is 3.40. The van der Waals surface area contributed by atoms with Gasteiger partial charge in [-0.05, 0) is 49.6 Å². The topological polar surface area (TPSA) is 12.0 Å². The Balaban J connectivity index is 1.95. The van der Waals surface area contributed by atoms with Gasteiger partial charge in [-0.1, -0.05) is 48.0 Å². The summed E-state index contributed by atoms with van der Waals surface area (Å²) >= 11 is 3.52. The SMILES string of the molecule is CNC(Cc1cc(F)ccc1Br)CC1CCCCC1. The summed E-state index contributed by atoms with van der Waals surface area (Å²) in [5.41, 5.74) is 1.06. The highest BCUT2D eigenvalue weighted by Crippen LogP contribution is 2.29. The van der Waals surface area contributed by atoms with Crippen LogP contribution in [-0.2, 0) is 6.42 Å². The molecule has 2 rings (SSSR count). The lowest BCUT2D eigenvalue weighted by molar-refractivity contribution is 0.302. The highest BCUT2D eigenvalue weighted by molar-refractivity contribution is 9.10. The summed E-state index contributed by atoms with van der Waals surface area (Å²) < 4.78 is 14.3. The van der Waals surface area contributed by atoms with Gasteiger partial charge in [0, 0.05) is 10.5 Å². The Labute approximate surface area is 124 Å². The number of halogens is 2. The van der Waals surface area contributed by atoms with E-state index in [2.05, 4.69) is 21.2 Å². The quantitative estimate of drug-likeness (QED) is 0.827. The summed E-state index contributed by atoms with van der Waals surface area (Å²) in [6.45, 7) is 0. The van der Waals surface area contributed by atoms with Crippen molar-refractivity contribution in [3.63, 3.8) is 0 Å². The minimum absolute atomic E-state index is 0.147. The average Bonchev–Trinajstić information content (AvgIpc) is 2.43. The van der Waals surface area contributed by atoms with E-state index >= 15 is 0 Å². The third-order valence-electron chi connectivity index (χ3n) is 4.22. The van der Waals surface area contributed by atoms with Crippen LogP contribution in [0.1, 0.15) is 44.1 Å².